The molecule has 0 aliphatic rings. The first-order valence-electron chi connectivity index (χ1n) is 10.8. The van der Waals surface area contributed by atoms with E-state index in [0.29, 0.717) is 27.9 Å². The smallest absolute Gasteiger partial charge is 0.356 e. The molecule has 0 amide bonds. The summed E-state index contributed by atoms with van der Waals surface area (Å²) in [6.07, 6.45) is 1.13. The van der Waals surface area contributed by atoms with Crippen LogP contribution in [0.3, 0.4) is 0 Å². The van der Waals surface area contributed by atoms with Gasteiger partial charge in [-0.1, -0.05) is 17.7 Å². The van der Waals surface area contributed by atoms with Crippen LogP contribution in [0.25, 0.3) is 22.3 Å². The molecule has 0 bridgehead atoms. The zero-order chi connectivity index (χ0) is 26.4. The normalized spacial score (nSPS) is 12.5. The lowest BCUT2D eigenvalue weighted by molar-refractivity contribution is 0.0691. The molecule has 2 heterocycles. The molecule has 0 aliphatic carbocycles. The number of fused-ring (bicyclic) bond motifs is 1. The van der Waals surface area contributed by atoms with Crippen molar-refractivity contribution in [2.24, 2.45) is 7.05 Å². The van der Waals surface area contributed by atoms with Gasteiger partial charge in [0.15, 0.2) is 15.5 Å². The highest BCUT2D eigenvalue weighted by Gasteiger charge is 2.20. The molecule has 2 aromatic carbocycles. The number of nitrogens with one attached hydrogen (secondary N) is 1. The fourth-order valence-electron chi connectivity index (χ4n) is 4.02. The van der Waals surface area contributed by atoms with Gasteiger partial charge in [0.2, 0.25) is 0 Å². The minimum atomic E-state index is -3.37. The Kier molecular flexibility index (Phi) is 6.59. The fraction of sp³-hybridized carbons (Fsp3) is 0.200. The summed E-state index contributed by atoms with van der Waals surface area (Å²) < 4.78 is 25.1. The number of pyridine rings is 1. The van der Waals surface area contributed by atoms with Crippen LogP contribution < -0.4 is 10.9 Å². The average Bonchev–Trinajstić information content (AvgIpc) is 2.81. The maximum Gasteiger partial charge on any atom is 0.356 e. The second-order valence-electron chi connectivity index (χ2n) is 8.55. The highest BCUT2D eigenvalue weighted by atomic mass is 35.5. The Hall–Kier alpha value is -3.76. The first-order valence-corrected chi connectivity index (χ1v) is 13.1. The second kappa shape index (κ2) is 9.36. The zero-order valence-electron chi connectivity index (χ0n) is 19.9. The van der Waals surface area contributed by atoms with Crippen LogP contribution in [-0.4, -0.2) is 40.3 Å². The summed E-state index contributed by atoms with van der Waals surface area (Å²) in [7, 11) is -1.76. The van der Waals surface area contributed by atoms with Gasteiger partial charge in [-0.2, -0.15) is 0 Å². The highest BCUT2D eigenvalue weighted by Crippen LogP contribution is 2.29. The number of carboxylic acid groups (broad SMARTS) is 1. The maximum absolute atomic E-state index is 13.3. The third-order valence-electron chi connectivity index (χ3n) is 5.80. The van der Waals surface area contributed by atoms with Crippen LogP contribution in [0.15, 0.2) is 58.2 Å². The standard InChI is InChI=1S/C25H23ClN4O5S/c1-13-11-17(14(2)27-19-9-10-20(26)28-22(19)25(32)33)21-18(12-13)24(31)30(3)23(29-21)15-5-7-16(8-6-15)36(4,34)35/h5-12,14,27H,1-4H3,(H,32,33)/t14-/m1/s1. The van der Waals surface area contributed by atoms with E-state index in [2.05, 4.69) is 10.3 Å². The van der Waals surface area contributed by atoms with Gasteiger partial charge in [0.25, 0.3) is 5.56 Å². The monoisotopic (exact) mass is 526 g/mol. The molecular formula is C25H23ClN4O5S. The number of anilines is 1. The molecule has 0 radical (unpaired) electrons. The number of halogens is 1. The molecule has 9 nitrogen and oxygen atoms in total. The summed E-state index contributed by atoms with van der Waals surface area (Å²) in [6.45, 7) is 3.69. The minimum absolute atomic E-state index is 0.0586. The van der Waals surface area contributed by atoms with Crippen molar-refractivity contribution in [1.82, 2.24) is 14.5 Å². The lowest BCUT2D eigenvalue weighted by Crippen LogP contribution is -2.22. The van der Waals surface area contributed by atoms with Gasteiger partial charge in [0.05, 0.1) is 27.5 Å². The van der Waals surface area contributed by atoms with Crippen molar-refractivity contribution in [3.8, 4) is 11.4 Å². The van der Waals surface area contributed by atoms with Gasteiger partial charge in [0, 0.05) is 24.4 Å². The van der Waals surface area contributed by atoms with Crippen LogP contribution in [0.4, 0.5) is 5.69 Å². The number of aryl methyl sites for hydroxylation is 1. The quantitative estimate of drug-likeness (QED) is 0.357. The number of rotatable bonds is 6. The van der Waals surface area contributed by atoms with Gasteiger partial charge in [-0.15, -0.1) is 0 Å². The van der Waals surface area contributed by atoms with Crippen molar-refractivity contribution in [2.45, 2.75) is 24.8 Å². The van der Waals surface area contributed by atoms with Crippen LogP contribution in [0.2, 0.25) is 5.15 Å². The van der Waals surface area contributed by atoms with E-state index in [1.165, 1.54) is 28.8 Å². The highest BCUT2D eigenvalue weighted by molar-refractivity contribution is 7.90. The number of aromatic nitrogens is 3. The van der Waals surface area contributed by atoms with Gasteiger partial charge < -0.3 is 10.4 Å². The molecule has 0 spiro atoms. The minimum Gasteiger partial charge on any atom is -0.476 e. The molecule has 0 unspecified atom stereocenters. The Labute approximate surface area is 212 Å². The Balaban J connectivity index is 1.87. The van der Waals surface area contributed by atoms with E-state index in [4.69, 9.17) is 16.6 Å². The number of nitrogens with zero attached hydrogens (tertiary/aromatic N) is 3. The van der Waals surface area contributed by atoms with Crippen molar-refractivity contribution in [2.75, 3.05) is 11.6 Å². The van der Waals surface area contributed by atoms with Crippen molar-refractivity contribution < 1.29 is 18.3 Å². The van der Waals surface area contributed by atoms with Crippen molar-refractivity contribution in [3.63, 3.8) is 0 Å². The van der Waals surface area contributed by atoms with Gasteiger partial charge in [0.1, 0.15) is 11.0 Å². The van der Waals surface area contributed by atoms with E-state index in [0.717, 1.165) is 11.8 Å². The molecular weight excluding hydrogens is 504 g/mol. The van der Waals surface area contributed by atoms with Crippen molar-refractivity contribution in [1.29, 1.82) is 0 Å². The Morgan fingerprint density at radius 3 is 2.39 bits per heavy atom. The molecule has 2 aromatic heterocycles. The summed E-state index contributed by atoms with van der Waals surface area (Å²) in [5.41, 5.74) is 2.33. The van der Waals surface area contributed by atoms with Gasteiger partial charge >= 0.3 is 5.97 Å². The fourth-order valence-corrected chi connectivity index (χ4v) is 4.80. The molecule has 0 aliphatic heterocycles. The lowest BCUT2D eigenvalue weighted by atomic mass is 10.0. The van der Waals surface area contributed by atoms with Crippen molar-refractivity contribution in [3.05, 3.63) is 80.9 Å². The summed E-state index contributed by atoms with van der Waals surface area (Å²) in [4.78, 5) is 33.8. The summed E-state index contributed by atoms with van der Waals surface area (Å²) in [5, 5.41) is 13.2. The SMILES string of the molecule is Cc1cc([C@@H](C)Nc2ccc(Cl)nc2C(=O)O)c2nc(-c3ccc(S(C)(=O)=O)cc3)n(C)c(=O)c2c1. The first kappa shape index (κ1) is 25.3. The van der Waals surface area contributed by atoms with E-state index in [9.17, 15) is 23.1 Å². The number of sulfone groups is 1. The average molecular weight is 527 g/mol. The molecule has 11 heteroatoms. The van der Waals surface area contributed by atoms with E-state index in [-0.39, 0.29) is 27.0 Å². The number of carbonyl (C=O) groups is 1. The molecule has 0 saturated heterocycles. The summed E-state index contributed by atoms with van der Waals surface area (Å²) in [6, 6.07) is 12.4. The zero-order valence-corrected chi connectivity index (χ0v) is 21.5. The third kappa shape index (κ3) is 4.82. The number of hydrogen-bond acceptors (Lipinski definition) is 7. The molecule has 4 rings (SSSR count). The maximum atomic E-state index is 13.3. The topological polar surface area (TPSA) is 131 Å². The number of carboxylic acids is 1. The third-order valence-corrected chi connectivity index (χ3v) is 7.14. The molecule has 4 aromatic rings. The Bertz CT molecular complexity index is 1680. The summed E-state index contributed by atoms with van der Waals surface area (Å²) >= 11 is 5.87. The molecule has 186 valence electrons. The largest absolute Gasteiger partial charge is 0.476 e. The van der Waals surface area contributed by atoms with E-state index >= 15 is 0 Å². The van der Waals surface area contributed by atoms with Crippen LogP contribution in [0.5, 0.6) is 0 Å². The van der Waals surface area contributed by atoms with Gasteiger partial charge in [-0.3, -0.25) is 9.36 Å². The second-order valence-corrected chi connectivity index (χ2v) is 11.0. The van der Waals surface area contributed by atoms with Gasteiger partial charge in [-0.05, 0) is 61.9 Å². The van der Waals surface area contributed by atoms with Crippen LogP contribution in [0.1, 0.15) is 34.6 Å². The molecule has 0 saturated carbocycles. The van der Waals surface area contributed by atoms with Gasteiger partial charge in [-0.25, -0.2) is 23.2 Å². The van der Waals surface area contributed by atoms with E-state index in [1.54, 1.807) is 25.2 Å². The molecule has 0 fully saturated rings. The molecule has 2 N–H and O–H groups in total. The van der Waals surface area contributed by atoms with E-state index < -0.39 is 21.8 Å². The summed E-state index contributed by atoms with van der Waals surface area (Å²) in [5.74, 6) is -0.864. The van der Waals surface area contributed by atoms with Crippen LogP contribution >= 0.6 is 11.6 Å². The van der Waals surface area contributed by atoms with Crippen LogP contribution in [-0.2, 0) is 16.9 Å². The number of aromatic carboxylic acids is 1. The Morgan fingerprint density at radius 1 is 1.11 bits per heavy atom. The molecule has 1 atom stereocenters. The Morgan fingerprint density at radius 2 is 1.78 bits per heavy atom. The van der Waals surface area contributed by atoms with E-state index in [1.807, 2.05) is 19.9 Å². The lowest BCUT2D eigenvalue weighted by Gasteiger charge is -2.20. The number of hydrogen-bond donors (Lipinski definition) is 2. The first-order chi connectivity index (χ1) is 16.9. The molecule has 36 heavy (non-hydrogen) atoms. The predicted molar refractivity (Wildman–Crippen MR) is 139 cm³/mol. The van der Waals surface area contributed by atoms with Crippen LogP contribution in [0, 0.1) is 6.92 Å². The van der Waals surface area contributed by atoms with Crippen molar-refractivity contribution >= 4 is 44.0 Å². The number of benzene rings is 2. The predicted octanol–water partition coefficient (Wildman–Crippen LogP) is 4.23.